The SMILES string of the molecule is CC(NC(=O)CNC(=O)OCc1ccccc1)C1CC2CCC1C2. The van der Waals surface area contributed by atoms with Gasteiger partial charge in [0.25, 0.3) is 0 Å². The van der Waals surface area contributed by atoms with Crippen LogP contribution in [-0.2, 0) is 16.1 Å². The molecule has 1 aromatic rings. The zero-order valence-electron chi connectivity index (χ0n) is 14.2. The van der Waals surface area contributed by atoms with E-state index in [1.165, 1.54) is 25.7 Å². The van der Waals surface area contributed by atoms with E-state index in [9.17, 15) is 9.59 Å². The third kappa shape index (κ3) is 4.28. The van der Waals surface area contributed by atoms with Gasteiger partial charge in [-0.15, -0.1) is 0 Å². The Bertz CT molecular complexity index is 575. The quantitative estimate of drug-likeness (QED) is 0.843. The highest BCUT2D eigenvalue weighted by atomic mass is 16.5. The molecule has 3 rings (SSSR count). The molecule has 2 N–H and O–H groups in total. The number of carbonyl (C=O) groups is 2. The molecule has 5 nitrogen and oxygen atoms in total. The van der Waals surface area contributed by atoms with Crippen molar-refractivity contribution in [1.82, 2.24) is 10.6 Å². The molecule has 130 valence electrons. The van der Waals surface area contributed by atoms with Gasteiger partial charge in [-0.05, 0) is 49.5 Å². The fraction of sp³-hybridized carbons (Fsp3) is 0.579. The maximum Gasteiger partial charge on any atom is 0.407 e. The molecule has 2 saturated carbocycles. The second kappa shape index (κ2) is 7.69. The normalized spacial score (nSPS) is 26.0. The van der Waals surface area contributed by atoms with E-state index in [1.807, 2.05) is 30.3 Å². The van der Waals surface area contributed by atoms with Gasteiger partial charge in [0, 0.05) is 6.04 Å². The number of benzene rings is 1. The van der Waals surface area contributed by atoms with Gasteiger partial charge >= 0.3 is 6.09 Å². The molecule has 4 unspecified atom stereocenters. The van der Waals surface area contributed by atoms with Crippen LogP contribution in [-0.4, -0.2) is 24.6 Å². The van der Waals surface area contributed by atoms with Crippen LogP contribution in [0, 0.1) is 17.8 Å². The number of rotatable bonds is 6. The molecular weight excluding hydrogens is 304 g/mol. The van der Waals surface area contributed by atoms with E-state index in [-0.39, 0.29) is 25.1 Å². The van der Waals surface area contributed by atoms with E-state index in [2.05, 4.69) is 17.6 Å². The predicted molar refractivity (Wildman–Crippen MR) is 91.2 cm³/mol. The molecule has 5 heteroatoms. The van der Waals surface area contributed by atoms with Crippen molar-refractivity contribution in [3.05, 3.63) is 35.9 Å². The maximum atomic E-state index is 12.0. The van der Waals surface area contributed by atoms with Crippen LogP contribution in [0.2, 0.25) is 0 Å². The van der Waals surface area contributed by atoms with E-state index in [4.69, 9.17) is 4.74 Å². The molecule has 24 heavy (non-hydrogen) atoms. The van der Waals surface area contributed by atoms with Crippen LogP contribution in [0.5, 0.6) is 0 Å². The Morgan fingerprint density at radius 2 is 2.00 bits per heavy atom. The minimum Gasteiger partial charge on any atom is -0.445 e. The first-order valence-corrected chi connectivity index (χ1v) is 8.85. The van der Waals surface area contributed by atoms with Crippen LogP contribution in [0.15, 0.2) is 30.3 Å². The van der Waals surface area contributed by atoms with Crippen LogP contribution < -0.4 is 10.6 Å². The highest BCUT2D eigenvalue weighted by Gasteiger charge is 2.42. The molecule has 2 amide bonds. The zero-order chi connectivity index (χ0) is 16.9. The van der Waals surface area contributed by atoms with Gasteiger partial charge in [-0.25, -0.2) is 4.79 Å². The second-order valence-electron chi connectivity index (χ2n) is 7.11. The van der Waals surface area contributed by atoms with Crippen LogP contribution >= 0.6 is 0 Å². The molecule has 0 saturated heterocycles. The lowest BCUT2D eigenvalue weighted by atomic mass is 9.84. The number of alkyl carbamates (subject to hydrolysis) is 1. The lowest BCUT2D eigenvalue weighted by Crippen LogP contribution is -2.44. The van der Waals surface area contributed by atoms with Gasteiger partial charge in [0.15, 0.2) is 0 Å². The predicted octanol–water partition coefficient (Wildman–Crippen LogP) is 2.85. The molecule has 0 aliphatic heterocycles. The largest absolute Gasteiger partial charge is 0.445 e. The Morgan fingerprint density at radius 1 is 1.21 bits per heavy atom. The summed E-state index contributed by atoms with van der Waals surface area (Å²) in [7, 11) is 0. The number of carbonyl (C=O) groups excluding carboxylic acids is 2. The van der Waals surface area contributed by atoms with E-state index < -0.39 is 6.09 Å². The summed E-state index contributed by atoms with van der Waals surface area (Å²) in [6.45, 7) is 2.24. The van der Waals surface area contributed by atoms with Gasteiger partial charge in [-0.3, -0.25) is 4.79 Å². The number of amides is 2. The smallest absolute Gasteiger partial charge is 0.407 e. The minimum atomic E-state index is -0.568. The average molecular weight is 330 g/mol. The molecule has 1 aromatic carbocycles. The van der Waals surface area contributed by atoms with Crippen molar-refractivity contribution in [2.24, 2.45) is 17.8 Å². The van der Waals surface area contributed by atoms with E-state index in [1.54, 1.807) is 0 Å². The Kier molecular flexibility index (Phi) is 5.38. The molecule has 0 aromatic heterocycles. The van der Waals surface area contributed by atoms with Crippen molar-refractivity contribution in [3.8, 4) is 0 Å². The third-order valence-corrected chi connectivity index (χ3v) is 5.43. The number of fused-ring (bicyclic) bond motifs is 2. The lowest BCUT2D eigenvalue weighted by Gasteiger charge is -2.28. The first kappa shape index (κ1) is 16.8. The van der Waals surface area contributed by atoms with Gasteiger partial charge in [-0.1, -0.05) is 36.8 Å². The zero-order valence-corrected chi connectivity index (χ0v) is 14.2. The lowest BCUT2D eigenvalue weighted by molar-refractivity contribution is -0.121. The van der Waals surface area contributed by atoms with Gasteiger partial charge in [0.05, 0.1) is 0 Å². The van der Waals surface area contributed by atoms with Crippen LogP contribution in [0.3, 0.4) is 0 Å². The summed E-state index contributed by atoms with van der Waals surface area (Å²) in [6, 6.07) is 9.64. The third-order valence-electron chi connectivity index (χ3n) is 5.43. The molecule has 2 aliphatic rings. The Hall–Kier alpha value is -2.04. The number of hydrogen-bond acceptors (Lipinski definition) is 3. The summed E-state index contributed by atoms with van der Waals surface area (Å²) in [5.41, 5.74) is 0.919. The summed E-state index contributed by atoms with van der Waals surface area (Å²) in [4.78, 5) is 23.7. The number of ether oxygens (including phenoxy) is 1. The highest BCUT2D eigenvalue weighted by Crippen LogP contribution is 2.49. The summed E-state index contributed by atoms with van der Waals surface area (Å²) < 4.78 is 5.09. The van der Waals surface area contributed by atoms with Crippen molar-refractivity contribution in [2.45, 2.75) is 45.3 Å². The molecule has 4 atom stereocenters. The van der Waals surface area contributed by atoms with E-state index in [0.717, 1.165) is 17.4 Å². The highest BCUT2D eigenvalue weighted by molar-refractivity contribution is 5.82. The Balaban J connectivity index is 1.34. The number of nitrogens with one attached hydrogen (secondary N) is 2. The van der Waals surface area contributed by atoms with Gasteiger partial charge in [0.1, 0.15) is 13.2 Å². The molecule has 2 aliphatic carbocycles. The van der Waals surface area contributed by atoms with Crippen LogP contribution in [0.25, 0.3) is 0 Å². The molecule has 2 bridgehead atoms. The van der Waals surface area contributed by atoms with Crippen LogP contribution in [0.1, 0.15) is 38.2 Å². The minimum absolute atomic E-state index is 0.0429. The van der Waals surface area contributed by atoms with Crippen molar-refractivity contribution in [2.75, 3.05) is 6.54 Å². The van der Waals surface area contributed by atoms with E-state index in [0.29, 0.717) is 5.92 Å². The van der Waals surface area contributed by atoms with Crippen molar-refractivity contribution in [3.63, 3.8) is 0 Å². The van der Waals surface area contributed by atoms with E-state index >= 15 is 0 Å². The fourth-order valence-corrected chi connectivity index (χ4v) is 4.24. The van der Waals surface area contributed by atoms with Crippen molar-refractivity contribution >= 4 is 12.0 Å². The Labute approximate surface area is 143 Å². The topological polar surface area (TPSA) is 67.4 Å². The first-order valence-electron chi connectivity index (χ1n) is 8.85. The summed E-state index contributed by atoms with van der Waals surface area (Å²) >= 11 is 0. The second-order valence-corrected chi connectivity index (χ2v) is 7.11. The van der Waals surface area contributed by atoms with Crippen molar-refractivity contribution < 1.29 is 14.3 Å². The monoisotopic (exact) mass is 330 g/mol. The molecule has 0 radical (unpaired) electrons. The van der Waals surface area contributed by atoms with Gasteiger partial charge in [-0.2, -0.15) is 0 Å². The van der Waals surface area contributed by atoms with Crippen molar-refractivity contribution in [1.29, 1.82) is 0 Å². The number of hydrogen-bond donors (Lipinski definition) is 2. The average Bonchev–Trinajstić information content (AvgIpc) is 3.22. The molecule has 2 fully saturated rings. The van der Waals surface area contributed by atoms with Gasteiger partial charge < -0.3 is 15.4 Å². The standard InChI is InChI=1S/C19H26N2O3/c1-13(17-10-15-7-8-16(17)9-15)21-18(22)11-20-19(23)24-12-14-5-3-2-4-6-14/h2-6,13,15-17H,7-12H2,1H3,(H,20,23)(H,21,22). The first-order chi connectivity index (χ1) is 11.6. The molecule has 0 heterocycles. The summed E-state index contributed by atoms with van der Waals surface area (Å²) in [6.07, 6.45) is 4.66. The fourth-order valence-electron chi connectivity index (χ4n) is 4.24. The van der Waals surface area contributed by atoms with Crippen LogP contribution in [0.4, 0.5) is 4.79 Å². The molecule has 0 spiro atoms. The molecular formula is C19H26N2O3. The Morgan fingerprint density at radius 3 is 2.67 bits per heavy atom. The summed E-state index contributed by atoms with van der Waals surface area (Å²) in [5.74, 6) is 2.08. The van der Waals surface area contributed by atoms with Gasteiger partial charge in [0.2, 0.25) is 5.91 Å². The summed E-state index contributed by atoms with van der Waals surface area (Å²) in [5, 5.41) is 5.54. The maximum absolute atomic E-state index is 12.0.